The van der Waals surface area contributed by atoms with E-state index in [-0.39, 0.29) is 10.0 Å². The molecule has 0 radical (unpaired) electrons. The molecular formula is C9H7BrF3N3O. The van der Waals surface area contributed by atoms with E-state index in [0.29, 0.717) is 0 Å². The molecule has 4 nitrogen and oxygen atoms in total. The zero-order valence-corrected chi connectivity index (χ0v) is 9.84. The van der Waals surface area contributed by atoms with Crippen LogP contribution in [0, 0.1) is 0 Å². The molecule has 0 saturated heterocycles. The molecule has 0 atom stereocenters. The summed E-state index contributed by atoms with van der Waals surface area (Å²) >= 11 is 2.95. The van der Waals surface area contributed by atoms with Crippen LogP contribution in [0.2, 0.25) is 0 Å². The molecule has 1 rings (SSSR count). The Labute approximate surface area is 103 Å². The standard InChI is InChI=1S/C9H7BrF3N3O/c10-7-2-5(4-15-16-8(14)17)1-6(3-7)9(11,12)13/h1-4H,(H3,14,16,17). The summed E-state index contributed by atoms with van der Waals surface area (Å²) in [6.45, 7) is 0. The lowest BCUT2D eigenvalue weighted by Gasteiger charge is -2.07. The van der Waals surface area contributed by atoms with Gasteiger partial charge in [-0.15, -0.1) is 0 Å². The highest BCUT2D eigenvalue weighted by atomic mass is 79.9. The van der Waals surface area contributed by atoms with E-state index in [2.05, 4.69) is 21.0 Å². The number of nitrogens with two attached hydrogens (primary N) is 1. The number of hydrogen-bond acceptors (Lipinski definition) is 2. The Hall–Kier alpha value is -1.57. The van der Waals surface area contributed by atoms with E-state index in [1.807, 2.05) is 5.43 Å². The van der Waals surface area contributed by atoms with Gasteiger partial charge in [0.15, 0.2) is 0 Å². The summed E-state index contributed by atoms with van der Waals surface area (Å²) in [4.78, 5) is 10.3. The number of alkyl halides is 3. The Morgan fingerprint density at radius 2 is 2.06 bits per heavy atom. The van der Waals surface area contributed by atoms with Gasteiger partial charge in [-0.1, -0.05) is 15.9 Å². The molecule has 0 saturated carbocycles. The quantitative estimate of drug-likeness (QED) is 0.639. The van der Waals surface area contributed by atoms with Gasteiger partial charge < -0.3 is 5.73 Å². The number of urea groups is 1. The monoisotopic (exact) mass is 309 g/mol. The zero-order chi connectivity index (χ0) is 13.1. The van der Waals surface area contributed by atoms with Crippen molar-refractivity contribution < 1.29 is 18.0 Å². The molecular weight excluding hydrogens is 303 g/mol. The molecule has 0 aromatic heterocycles. The van der Waals surface area contributed by atoms with Gasteiger partial charge in [0, 0.05) is 4.47 Å². The second-order valence-corrected chi connectivity index (χ2v) is 3.92. The largest absolute Gasteiger partial charge is 0.416 e. The number of benzene rings is 1. The number of nitrogens with zero attached hydrogens (tertiary/aromatic N) is 1. The summed E-state index contributed by atoms with van der Waals surface area (Å²) in [6, 6.07) is 2.37. The fourth-order valence-corrected chi connectivity index (χ4v) is 1.53. The average molecular weight is 310 g/mol. The normalized spacial score (nSPS) is 11.8. The van der Waals surface area contributed by atoms with Crippen LogP contribution in [0.15, 0.2) is 27.8 Å². The number of nitrogens with one attached hydrogen (secondary N) is 1. The fourth-order valence-electron chi connectivity index (χ4n) is 1.02. The maximum absolute atomic E-state index is 12.4. The Morgan fingerprint density at radius 1 is 1.41 bits per heavy atom. The highest BCUT2D eigenvalue weighted by molar-refractivity contribution is 9.10. The minimum atomic E-state index is -4.44. The molecule has 0 aliphatic rings. The van der Waals surface area contributed by atoms with Crippen LogP contribution in [-0.4, -0.2) is 12.2 Å². The maximum Gasteiger partial charge on any atom is 0.416 e. The van der Waals surface area contributed by atoms with Crippen LogP contribution in [0.5, 0.6) is 0 Å². The molecule has 1 aromatic rings. The average Bonchev–Trinajstić information content (AvgIpc) is 2.14. The molecule has 2 amide bonds. The summed E-state index contributed by atoms with van der Waals surface area (Å²) in [7, 11) is 0. The highest BCUT2D eigenvalue weighted by Gasteiger charge is 2.30. The van der Waals surface area contributed by atoms with E-state index in [1.165, 1.54) is 6.07 Å². The van der Waals surface area contributed by atoms with E-state index < -0.39 is 17.8 Å². The first-order valence-electron chi connectivity index (χ1n) is 4.25. The third-order valence-corrected chi connectivity index (χ3v) is 2.09. The number of halogens is 4. The lowest BCUT2D eigenvalue weighted by atomic mass is 10.1. The molecule has 1 aromatic carbocycles. The van der Waals surface area contributed by atoms with Crippen LogP contribution in [0.25, 0.3) is 0 Å². The van der Waals surface area contributed by atoms with Gasteiger partial charge >= 0.3 is 12.2 Å². The summed E-state index contributed by atoms with van der Waals surface area (Å²) in [6.07, 6.45) is -3.38. The first-order valence-corrected chi connectivity index (χ1v) is 5.04. The topological polar surface area (TPSA) is 67.5 Å². The predicted molar refractivity (Wildman–Crippen MR) is 59.5 cm³/mol. The van der Waals surface area contributed by atoms with Crippen molar-refractivity contribution in [3.05, 3.63) is 33.8 Å². The Kier molecular flexibility index (Phi) is 4.11. The van der Waals surface area contributed by atoms with Gasteiger partial charge in [-0.25, -0.2) is 10.2 Å². The number of carbonyl (C=O) groups is 1. The number of amides is 2. The van der Waals surface area contributed by atoms with Crippen LogP contribution in [0.4, 0.5) is 18.0 Å². The van der Waals surface area contributed by atoms with Crippen LogP contribution in [0.3, 0.4) is 0 Å². The predicted octanol–water partition coefficient (Wildman–Crippen LogP) is 2.47. The Morgan fingerprint density at radius 3 is 2.59 bits per heavy atom. The smallest absolute Gasteiger partial charge is 0.350 e. The molecule has 8 heteroatoms. The number of hydrazone groups is 1. The van der Waals surface area contributed by atoms with Crippen molar-refractivity contribution in [2.45, 2.75) is 6.18 Å². The molecule has 0 fully saturated rings. The van der Waals surface area contributed by atoms with Gasteiger partial charge in [-0.2, -0.15) is 18.3 Å². The number of primary amides is 1. The van der Waals surface area contributed by atoms with Gasteiger partial charge in [0.05, 0.1) is 11.8 Å². The summed E-state index contributed by atoms with van der Waals surface area (Å²) < 4.78 is 37.6. The molecule has 0 aliphatic heterocycles. The minimum absolute atomic E-state index is 0.181. The second-order valence-electron chi connectivity index (χ2n) is 3.01. The highest BCUT2D eigenvalue weighted by Crippen LogP contribution is 2.31. The second kappa shape index (κ2) is 5.17. The van der Waals surface area contributed by atoms with Crippen molar-refractivity contribution in [2.24, 2.45) is 10.8 Å². The van der Waals surface area contributed by atoms with E-state index in [0.717, 1.165) is 18.3 Å². The van der Waals surface area contributed by atoms with Gasteiger partial charge in [-0.3, -0.25) is 0 Å². The van der Waals surface area contributed by atoms with Crippen molar-refractivity contribution in [2.75, 3.05) is 0 Å². The molecule has 17 heavy (non-hydrogen) atoms. The van der Waals surface area contributed by atoms with Crippen LogP contribution in [-0.2, 0) is 6.18 Å². The first kappa shape index (κ1) is 13.5. The van der Waals surface area contributed by atoms with Crippen LogP contribution >= 0.6 is 15.9 Å². The van der Waals surface area contributed by atoms with Crippen LogP contribution in [0.1, 0.15) is 11.1 Å². The molecule has 3 N–H and O–H groups in total. The molecule has 0 heterocycles. The van der Waals surface area contributed by atoms with E-state index >= 15 is 0 Å². The molecule has 0 unspecified atom stereocenters. The summed E-state index contributed by atoms with van der Waals surface area (Å²) in [5, 5.41) is 3.37. The van der Waals surface area contributed by atoms with Gasteiger partial charge in [0.2, 0.25) is 0 Å². The van der Waals surface area contributed by atoms with Crippen molar-refractivity contribution in [1.29, 1.82) is 0 Å². The van der Waals surface area contributed by atoms with E-state index in [9.17, 15) is 18.0 Å². The van der Waals surface area contributed by atoms with Crippen molar-refractivity contribution >= 4 is 28.2 Å². The lowest BCUT2D eigenvalue weighted by molar-refractivity contribution is -0.137. The zero-order valence-electron chi connectivity index (χ0n) is 8.25. The van der Waals surface area contributed by atoms with Crippen LogP contribution < -0.4 is 11.2 Å². The van der Waals surface area contributed by atoms with Crippen molar-refractivity contribution in [1.82, 2.24) is 5.43 Å². The molecule has 0 bridgehead atoms. The number of hydrogen-bond donors (Lipinski definition) is 2. The van der Waals surface area contributed by atoms with Crippen molar-refractivity contribution in [3.8, 4) is 0 Å². The first-order chi connectivity index (χ1) is 7.79. The van der Waals surface area contributed by atoms with Gasteiger partial charge in [0.1, 0.15) is 0 Å². The van der Waals surface area contributed by atoms with Crippen molar-refractivity contribution in [3.63, 3.8) is 0 Å². The number of carbonyl (C=O) groups excluding carboxylic acids is 1. The van der Waals surface area contributed by atoms with Gasteiger partial charge in [0.25, 0.3) is 0 Å². The molecule has 0 aliphatic carbocycles. The van der Waals surface area contributed by atoms with E-state index in [1.54, 1.807) is 0 Å². The minimum Gasteiger partial charge on any atom is -0.350 e. The third-order valence-electron chi connectivity index (χ3n) is 1.64. The number of rotatable bonds is 2. The summed E-state index contributed by atoms with van der Waals surface area (Å²) in [5.41, 5.74) is 5.98. The SMILES string of the molecule is NC(=O)NN=Cc1cc(Br)cc(C(F)(F)F)c1. The maximum atomic E-state index is 12.4. The molecule has 0 spiro atoms. The van der Waals surface area contributed by atoms with Gasteiger partial charge in [-0.05, 0) is 23.8 Å². The Bertz CT molecular complexity index is 459. The molecule has 92 valence electrons. The summed E-state index contributed by atoms with van der Waals surface area (Å²) in [5.74, 6) is 0. The van der Waals surface area contributed by atoms with E-state index in [4.69, 9.17) is 5.73 Å². The Balaban J connectivity index is 2.98. The lowest BCUT2D eigenvalue weighted by Crippen LogP contribution is -2.24. The third kappa shape index (κ3) is 4.43. The fraction of sp³-hybridized carbons (Fsp3) is 0.111.